The molecule has 0 amide bonds. The Balaban J connectivity index is 3.29. The van der Waals surface area contributed by atoms with Gasteiger partial charge >= 0.3 is 0 Å². The zero-order valence-electron chi connectivity index (χ0n) is 10.1. The SMILES string of the molecule is COc1cc(CC(C)N)c(OC)c(F)c1C. The molecule has 1 unspecified atom stereocenters. The first kappa shape index (κ1) is 12.8. The molecule has 4 heteroatoms. The third-order valence-electron chi connectivity index (χ3n) is 2.46. The lowest BCUT2D eigenvalue weighted by atomic mass is 10.0. The van der Waals surface area contributed by atoms with Crippen molar-refractivity contribution in [3.05, 3.63) is 23.0 Å². The van der Waals surface area contributed by atoms with Crippen molar-refractivity contribution in [2.24, 2.45) is 5.73 Å². The van der Waals surface area contributed by atoms with Crippen LogP contribution in [0.4, 0.5) is 4.39 Å². The molecule has 0 aliphatic carbocycles. The third-order valence-corrected chi connectivity index (χ3v) is 2.46. The van der Waals surface area contributed by atoms with Gasteiger partial charge < -0.3 is 15.2 Å². The number of rotatable bonds is 4. The summed E-state index contributed by atoms with van der Waals surface area (Å²) in [6.45, 7) is 3.52. The van der Waals surface area contributed by atoms with E-state index in [0.717, 1.165) is 5.56 Å². The van der Waals surface area contributed by atoms with Crippen LogP contribution in [0.2, 0.25) is 0 Å². The number of halogens is 1. The van der Waals surface area contributed by atoms with Gasteiger partial charge in [-0.1, -0.05) is 0 Å². The van der Waals surface area contributed by atoms with Gasteiger partial charge in [-0.05, 0) is 26.3 Å². The van der Waals surface area contributed by atoms with E-state index < -0.39 is 0 Å². The summed E-state index contributed by atoms with van der Waals surface area (Å²) in [6, 6.07) is 1.72. The van der Waals surface area contributed by atoms with Crippen LogP contribution in [0.3, 0.4) is 0 Å². The molecule has 1 aromatic carbocycles. The molecule has 16 heavy (non-hydrogen) atoms. The van der Waals surface area contributed by atoms with E-state index in [1.807, 2.05) is 6.92 Å². The summed E-state index contributed by atoms with van der Waals surface area (Å²) in [6.07, 6.45) is 0.552. The van der Waals surface area contributed by atoms with Gasteiger partial charge in [-0.3, -0.25) is 0 Å². The molecule has 0 fully saturated rings. The average Bonchev–Trinajstić information content (AvgIpc) is 2.23. The zero-order chi connectivity index (χ0) is 12.3. The molecule has 0 heterocycles. The quantitative estimate of drug-likeness (QED) is 0.856. The fraction of sp³-hybridized carbons (Fsp3) is 0.500. The van der Waals surface area contributed by atoms with Crippen LogP contribution >= 0.6 is 0 Å². The standard InChI is InChI=1S/C12H18FNO2/c1-7(14)5-9-6-10(15-3)8(2)11(13)12(9)16-4/h6-7H,5,14H2,1-4H3. The van der Waals surface area contributed by atoms with Gasteiger partial charge in [0.2, 0.25) is 0 Å². The van der Waals surface area contributed by atoms with Crippen LogP contribution in [0.1, 0.15) is 18.1 Å². The van der Waals surface area contributed by atoms with E-state index in [-0.39, 0.29) is 17.6 Å². The van der Waals surface area contributed by atoms with Crippen LogP contribution < -0.4 is 15.2 Å². The number of benzene rings is 1. The van der Waals surface area contributed by atoms with Crippen molar-refractivity contribution >= 4 is 0 Å². The van der Waals surface area contributed by atoms with Gasteiger partial charge in [0.25, 0.3) is 0 Å². The second-order valence-corrected chi connectivity index (χ2v) is 3.89. The Hall–Kier alpha value is -1.29. The highest BCUT2D eigenvalue weighted by atomic mass is 19.1. The fourth-order valence-corrected chi connectivity index (χ4v) is 1.68. The van der Waals surface area contributed by atoms with Gasteiger partial charge in [0.1, 0.15) is 5.75 Å². The van der Waals surface area contributed by atoms with Gasteiger partial charge in [0.15, 0.2) is 11.6 Å². The Bertz CT molecular complexity index is 378. The molecule has 0 saturated heterocycles. The van der Waals surface area contributed by atoms with Gasteiger partial charge in [-0.15, -0.1) is 0 Å². The number of hydrogen-bond donors (Lipinski definition) is 1. The highest BCUT2D eigenvalue weighted by molar-refractivity contribution is 5.47. The molecule has 1 aromatic rings. The van der Waals surface area contributed by atoms with Crippen molar-refractivity contribution in [1.29, 1.82) is 0 Å². The van der Waals surface area contributed by atoms with E-state index in [0.29, 0.717) is 17.7 Å². The van der Waals surface area contributed by atoms with Crippen molar-refractivity contribution in [3.63, 3.8) is 0 Å². The first-order valence-corrected chi connectivity index (χ1v) is 5.16. The predicted octanol–water partition coefficient (Wildman–Crippen LogP) is 2.04. The summed E-state index contributed by atoms with van der Waals surface area (Å²) in [4.78, 5) is 0. The summed E-state index contributed by atoms with van der Waals surface area (Å²) in [7, 11) is 2.97. The maximum atomic E-state index is 13.9. The van der Waals surface area contributed by atoms with E-state index in [9.17, 15) is 4.39 Å². The number of hydrogen-bond acceptors (Lipinski definition) is 3. The Morgan fingerprint density at radius 2 is 2.00 bits per heavy atom. The molecule has 0 aliphatic rings. The topological polar surface area (TPSA) is 44.5 Å². The van der Waals surface area contributed by atoms with Crippen molar-refractivity contribution in [3.8, 4) is 11.5 Å². The molecule has 3 nitrogen and oxygen atoms in total. The van der Waals surface area contributed by atoms with E-state index in [2.05, 4.69) is 0 Å². The predicted molar refractivity (Wildman–Crippen MR) is 61.6 cm³/mol. The summed E-state index contributed by atoms with van der Waals surface area (Å²) in [5, 5.41) is 0. The molecule has 0 aromatic heterocycles. The summed E-state index contributed by atoms with van der Waals surface area (Å²) in [5.74, 6) is 0.405. The van der Waals surface area contributed by atoms with Gasteiger partial charge in [-0.2, -0.15) is 0 Å². The van der Waals surface area contributed by atoms with Crippen LogP contribution in [-0.4, -0.2) is 20.3 Å². The third kappa shape index (κ3) is 2.44. The smallest absolute Gasteiger partial charge is 0.171 e. The minimum Gasteiger partial charge on any atom is -0.496 e. The molecule has 90 valence electrons. The lowest BCUT2D eigenvalue weighted by molar-refractivity contribution is 0.367. The molecule has 0 bridgehead atoms. The van der Waals surface area contributed by atoms with Crippen molar-refractivity contribution < 1.29 is 13.9 Å². The van der Waals surface area contributed by atoms with Crippen LogP contribution in [0.5, 0.6) is 11.5 Å². The highest BCUT2D eigenvalue weighted by Crippen LogP contribution is 2.32. The van der Waals surface area contributed by atoms with Crippen molar-refractivity contribution in [2.75, 3.05) is 14.2 Å². The second-order valence-electron chi connectivity index (χ2n) is 3.89. The molecule has 0 saturated carbocycles. The molecular weight excluding hydrogens is 209 g/mol. The first-order valence-electron chi connectivity index (χ1n) is 5.16. The Labute approximate surface area is 95.4 Å². The van der Waals surface area contributed by atoms with Crippen LogP contribution in [0, 0.1) is 12.7 Å². The minimum absolute atomic E-state index is 0.0549. The van der Waals surface area contributed by atoms with Crippen LogP contribution in [0.25, 0.3) is 0 Å². The molecule has 1 rings (SSSR count). The Kier molecular flexibility index (Phi) is 4.12. The Morgan fingerprint density at radius 3 is 2.44 bits per heavy atom. The Morgan fingerprint density at radius 1 is 1.38 bits per heavy atom. The van der Waals surface area contributed by atoms with Crippen molar-refractivity contribution in [1.82, 2.24) is 0 Å². The average molecular weight is 227 g/mol. The summed E-state index contributed by atoms with van der Waals surface area (Å²) < 4.78 is 24.1. The van der Waals surface area contributed by atoms with E-state index in [1.165, 1.54) is 14.2 Å². The number of nitrogens with two attached hydrogens (primary N) is 1. The van der Waals surface area contributed by atoms with E-state index in [4.69, 9.17) is 15.2 Å². The van der Waals surface area contributed by atoms with Gasteiger partial charge in [0, 0.05) is 17.2 Å². The minimum atomic E-state index is -0.377. The maximum absolute atomic E-state index is 13.9. The molecule has 0 radical (unpaired) electrons. The first-order chi connectivity index (χ1) is 7.51. The highest BCUT2D eigenvalue weighted by Gasteiger charge is 2.17. The van der Waals surface area contributed by atoms with Crippen LogP contribution in [-0.2, 0) is 6.42 Å². The lowest BCUT2D eigenvalue weighted by Gasteiger charge is -2.15. The zero-order valence-corrected chi connectivity index (χ0v) is 10.1. The molecular formula is C12H18FNO2. The summed E-state index contributed by atoms with van der Waals surface area (Å²) in [5.41, 5.74) is 6.89. The van der Waals surface area contributed by atoms with Gasteiger partial charge in [0.05, 0.1) is 14.2 Å². The molecule has 0 aliphatic heterocycles. The van der Waals surface area contributed by atoms with Crippen LogP contribution in [0.15, 0.2) is 6.07 Å². The largest absolute Gasteiger partial charge is 0.496 e. The molecule has 0 spiro atoms. The molecule has 1 atom stereocenters. The fourth-order valence-electron chi connectivity index (χ4n) is 1.68. The van der Waals surface area contributed by atoms with E-state index >= 15 is 0 Å². The van der Waals surface area contributed by atoms with E-state index in [1.54, 1.807) is 13.0 Å². The monoisotopic (exact) mass is 227 g/mol. The van der Waals surface area contributed by atoms with Crippen molar-refractivity contribution in [2.45, 2.75) is 26.3 Å². The van der Waals surface area contributed by atoms with Gasteiger partial charge in [-0.25, -0.2) is 4.39 Å². The second kappa shape index (κ2) is 5.16. The normalized spacial score (nSPS) is 12.4. The maximum Gasteiger partial charge on any atom is 0.171 e. The molecule has 2 N–H and O–H groups in total. The number of methoxy groups -OCH3 is 2. The lowest BCUT2D eigenvalue weighted by Crippen LogP contribution is -2.18. The number of ether oxygens (including phenoxy) is 2. The summed E-state index contributed by atoms with van der Waals surface area (Å²) >= 11 is 0.